The maximum absolute atomic E-state index is 13.6. The van der Waals surface area contributed by atoms with Gasteiger partial charge in [-0.15, -0.1) is 0 Å². The number of aromatic nitrogens is 2. The minimum atomic E-state index is -0.645. The van der Waals surface area contributed by atoms with E-state index in [1.807, 2.05) is 69.3 Å². The van der Waals surface area contributed by atoms with Gasteiger partial charge in [-0.3, -0.25) is 14.4 Å². The van der Waals surface area contributed by atoms with Crippen molar-refractivity contribution >= 4 is 29.1 Å². The summed E-state index contributed by atoms with van der Waals surface area (Å²) in [4.78, 5) is 41.4. The molecule has 35 heavy (non-hydrogen) atoms. The van der Waals surface area contributed by atoms with Gasteiger partial charge in [-0.1, -0.05) is 31.5 Å². The smallest absolute Gasteiger partial charge is 0.277 e. The normalized spacial score (nSPS) is 15.4. The molecule has 1 saturated heterocycles. The minimum absolute atomic E-state index is 0.133. The van der Waals surface area contributed by atoms with Crippen LogP contribution in [0, 0.1) is 6.92 Å². The number of hydrogen-bond acceptors (Lipinski definition) is 4. The van der Waals surface area contributed by atoms with Gasteiger partial charge in [0, 0.05) is 36.4 Å². The molecule has 8 heteroatoms. The van der Waals surface area contributed by atoms with E-state index in [1.165, 1.54) is 4.68 Å². The van der Waals surface area contributed by atoms with Crippen LogP contribution >= 0.6 is 0 Å². The van der Waals surface area contributed by atoms with E-state index in [1.54, 1.807) is 9.80 Å². The molecular formula is C27H31N5O3. The predicted octanol–water partition coefficient (Wildman–Crippen LogP) is 4.03. The largest absolute Gasteiger partial charge is 0.364 e. The average molecular weight is 474 g/mol. The monoisotopic (exact) mass is 473 g/mol. The van der Waals surface area contributed by atoms with E-state index in [4.69, 9.17) is 5.73 Å². The summed E-state index contributed by atoms with van der Waals surface area (Å²) in [5.74, 6) is -0.749. The molecule has 1 fully saturated rings. The van der Waals surface area contributed by atoms with Crippen LogP contribution in [0.2, 0.25) is 0 Å². The Morgan fingerprint density at radius 1 is 0.829 bits per heavy atom. The summed E-state index contributed by atoms with van der Waals surface area (Å²) in [7, 11) is 0. The fraction of sp³-hybridized carbons (Fsp3) is 0.333. The maximum Gasteiger partial charge on any atom is 0.277 e. The molecule has 2 N–H and O–H groups in total. The lowest BCUT2D eigenvalue weighted by molar-refractivity contribution is -0.119. The second kappa shape index (κ2) is 10.1. The van der Waals surface area contributed by atoms with Gasteiger partial charge in [0.1, 0.15) is 5.69 Å². The summed E-state index contributed by atoms with van der Waals surface area (Å²) in [6.07, 6.45) is 2.96. The zero-order chi connectivity index (χ0) is 25.1. The van der Waals surface area contributed by atoms with Crippen molar-refractivity contribution in [3.8, 4) is 5.69 Å². The van der Waals surface area contributed by atoms with E-state index in [0.29, 0.717) is 36.3 Å². The molecule has 3 amide bonds. The molecule has 0 atom stereocenters. The molecular weight excluding hydrogens is 442 g/mol. The van der Waals surface area contributed by atoms with E-state index in [2.05, 4.69) is 5.10 Å². The van der Waals surface area contributed by atoms with Gasteiger partial charge < -0.3 is 15.5 Å². The van der Waals surface area contributed by atoms with Crippen molar-refractivity contribution < 1.29 is 14.4 Å². The topological polar surface area (TPSA) is 102 Å². The van der Waals surface area contributed by atoms with Crippen LogP contribution in [-0.4, -0.2) is 40.6 Å². The number of piperidine rings is 1. The predicted molar refractivity (Wildman–Crippen MR) is 136 cm³/mol. The SMILES string of the molecule is CC.Cc1ccc(-n2nc(C(N)=O)c3c2C(=O)N(c2ccc(N4CCCCC4=O)cc2)CC3)cc1. The zero-order valence-electron chi connectivity index (χ0n) is 20.5. The Kier molecular flexibility index (Phi) is 7.00. The number of hydrogen-bond donors (Lipinski definition) is 1. The first-order valence-corrected chi connectivity index (χ1v) is 12.1. The fourth-order valence-corrected chi connectivity index (χ4v) is 4.57. The van der Waals surface area contributed by atoms with E-state index in [9.17, 15) is 14.4 Å². The van der Waals surface area contributed by atoms with Crippen molar-refractivity contribution in [3.63, 3.8) is 0 Å². The van der Waals surface area contributed by atoms with Crippen molar-refractivity contribution in [3.05, 3.63) is 71.0 Å². The first kappa shape index (κ1) is 24.2. The Hall–Kier alpha value is -3.94. The van der Waals surface area contributed by atoms with Crippen molar-refractivity contribution in [2.24, 2.45) is 5.73 Å². The summed E-state index contributed by atoms with van der Waals surface area (Å²) in [6.45, 7) is 7.11. The zero-order valence-corrected chi connectivity index (χ0v) is 20.5. The first-order valence-electron chi connectivity index (χ1n) is 12.1. The summed E-state index contributed by atoms with van der Waals surface area (Å²) < 4.78 is 1.52. The number of aryl methyl sites for hydroxylation is 1. The number of rotatable bonds is 4. The Labute approximate surface area is 205 Å². The fourth-order valence-electron chi connectivity index (χ4n) is 4.57. The van der Waals surface area contributed by atoms with Gasteiger partial charge >= 0.3 is 0 Å². The van der Waals surface area contributed by atoms with Crippen LogP contribution in [0.5, 0.6) is 0 Å². The second-order valence-corrected chi connectivity index (χ2v) is 8.51. The van der Waals surface area contributed by atoms with Crippen LogP contribution in [0.15, 0.2) is 48.5 Å². The maximum atomic E-state index is 13.6. The molecule has 0 radical (unpaired) electrons. The molecule has 182 valence electrons. The molecule has 1 aromatic heterocycles. The summed E-state index contributed by atoms with van der Waals surface area (Å²) >= 11 is 0. The van der Waals surface area contributed by atoms with Crippen LogP contribution in [0.1, 0.15) is 65.2 Å². The highest BCUT2D eigenvalue weighted by Crippen LogP contribution is 2.30. The summed E-state index contributed by atoms with van der Waals surface area (Å²) in [5, 5.41) is 4.40. The van der Waals surface area contributed by atoms with Gasteiger partial charge in [0.2, 0.25) is 5.91 Å². The molecule has 3 heterocycles. The third-order valence-corrected chi connectivity index (χ3v) is 6.33. The lowest BCUT2D eigenvalue weighted by atomic mass is 10.0. The molecule has 5 rings (SSSR count). The molecule has 2 aromatic carbocycles. The highest BCUT2D eigenvalue weighted by molar-refractivity contribution is 6.09. The van der Waals surface area contributed by atoms with Crippen LogP contribution in [0.25, 0.3) is 5.69 Å². The number of benzene rings is 2. The van der Waals surface area contributed by atoms with Crippen LogP contribution in [-0.2, 0) is 11.2 Å². The molecule has 0 saturated carbocycles. The van der Waals surface area contributed by atoms with E-state index in [-0.39, 0.29) is 17.5 Å². The van der Waals surface area contributed by atoms with Crippen LogP contribution in [0.3, 0.4) is 0 Å². The lowest BCUT2D eigenvalue weighted by Crippen LogP contribution is -2.39. The van der Waals surface area contributed by atoms with E-state index < -0.39 is 5.91 Å². The minimum Gasteiger partial charge on any atom is -0.364 e. The molecule has 3 aromatic rings. The average Bonchev–Trinajstić information content (AvgIpc) is 3.27. The number of nitrogens with two attached hydrogens (primary N) is 1. The van der Waals surface area contributed by atoms with Gasteiger partial charge in [-0.25, -0.2) is 4.68 Å². The number of nitrogens with zero attached hydrogens (tertiary/aromatic N) is 4. The molecule has 8 nitrogen and oxygen atoms in total. The van der Waals surface area contributed by atoms with Crippen LogP contribution < -0.4 is 15.5 Å². The first-order chi connectivity index (χ1) is 16.9. The third kappa shape index (κ3) is 4.56. The van der Waals surface area contributed by atoms with Gasteiger partial charge in [0.05, 0.1) is 5.69 Å². The van der Waals surface area contributed by atoms with Gasteiger partial charge in [0.15, 0.2) is 5.69 Å². The molecule has 0 unspecified atom stereocenters. The standard InChI is InChI=1S/C25H25N5O3.C2H6/c1-16-5-7-19(8-6-16)30-23-20(22(27-30)24(26)32)13-15-29(25(23)33)18-11-9-17(10-12-18)28-14-3-2-4-21(28)31;1-2/h5-12H,2-4,13-15H2,1H3,(H2,26,32);1-2H3. The number of fused-ring (bicyclic) bond motifs is 1. The molecule has 2 aliphatic rings. The molecule has 0 bridgehead atoms. The Morgan fingerprint density at radius 2 is 1.43 bits per heavy atom. The quantitative estimate of drug-likeness (QED) is 0.618. The van der Waals surface area contributed by atoms with Crippen molar-refractivity contribution in [2.75, 3.05) is 22.9 Å². The van der Waals surface area contributed by atoms with Crippen molar-refractivity contribution in [1.29, 1.82) is 0 Å². The van der Waals surface area contributed by atoms with E-state index in [0.717, 1.165) is 36.3 Å². The van der Waals surface area contributed by atoms with Gasteiger partial charge in [-0.2, -0.15) is 5.10 Å². The van der Waals surface area contributed by atoms with Crippen molar-refractivity contribution in [2.45, 2.75) is 46.5 Å². The Bertz CT molecular complexity index is 1250. The number of anilines is 2. The number of amides is 3. The number of carbonyl (C=O) groups excluding carboxylic acids is 3. The molecule has 0 spiro atoms. The number of carbonyl (C=O) groups is 3. The van der Waals surface area contributed by atoms with Gasteiger partial charge in [0.25, 0.3) is 11.8 Å². The highest BCUT2D eigenvalue weighted by atomic mass is 16.2. The molecule has 2 aliphatic heterocycles. The van der Waals surface area contributed by atoms with Crippen LogP contribution in [0.4, 0.5) is 11.4 Å². The van der Waals surface area contributed by atoms with Gasteiger partial charge in [-0.05, 0) is 62.6 Å². The van der Waals surface area contributed by atoms with E-state index >= 15 is 0 Å². The molecule has 0 aliphatic carbocycles. The third-order valence-electron chi connectivity index (χ3n) is 6.33. The second-order valence-electron chi connectivity index (χ2n) is 8.51. The highest BCUT2D eigenvalue weighted by Gasteiger charge is 2.34. The Morgan fingerprint density at radius 3 is 2.03 bits per heavy atom. The number of primary amides is 1. The lowest BCUT2D eigenvalue weighted by Gasteiger charge is -2.29. The Balaban J connectivity index is 0.00000141. The van der Waals surface area contributed by atoms with Crippen molar-refractivity contribution in [1.82, 2.24) is 9.78 Å². The summed E-state index contributed by atoms with van der Waals surface area (Å²) in [5.41, 5.74) is 9.99. The summed E-state index contributed by atoms with van der Waals surface area (Å²) in [6, 6.07) is 15.1.